The van der Waals surface area contributed by atoms with Gasteiger partial charge in [0.2, 0.25) is 5.91 Å². The molecule has 1 saturated heterocycles. The monoisotopic (exact) mass is 345 g/mol. The van der Waals surface area contributed by atoms with Gasteiger partial charge in [-0.2, -0.15) is 0 Å². The number of nitrogens with zero attached hydrogens (tertiary/aromatic N) is 2. The first kappa shape index (κ1) is 19.0. The van der Waals surface area contributed by atoms with E-state index in [0.717, 1.165) is 19.3 Å². The molecule has 1 aliphatic rings. The van der Waals surface area contributed by atoms with Crippen LogP contribution >= 0.6 is 0 Å². The summed E-state index contributed by atoms with van der Waals surface area (Å²) < 4.78 is 0. The second kappa shape index (κ2) is 9.20. The van der Waals surface area contributed by atoms with E-state index in [4.69, 9.17) is 0 Å². The number of rotatable bonds is 6. The molecule has 6 nitrogen and oxygen atoms in total. The van der Waals surface area contributed by atoms with Crippen LogP contribution in [-0.2, 0) is 4.79 Å². The zero-order chi connectivity index (χ0) is 18.2. The average molecular weight is 345 g/mol. The van der Waals surface area contributed by atoms with E-state index in [0.29, 0.717) is 43.9 Å². The maximum Gasteiger partial charge on any atom is 0.253 e. The summed E-state index contributed by atoms with van der Waals surface area (Å²) in [7, 11) is 0. The number of amides is 3. The smallest absolute Gasteiger partial charge is 0.253 e. The summed E-state index contributed by atoms with van der Waals surface area (Å²) >= 11 is 0. The number of nitrogens with one attached hydrogen (secondary N) is 1. The Hall–Kier alpha value is -2.37. The van der Waals surface area contributed by atoms with E-state index in [2.05, 4.69) is 12.2 Å². The van der Waals surface area contributed by atoms with Crippen molar-refractivity contribution in [2.45, 2.75) is 33.1 Å². The molecule has 2 rings (SSSR count). The molecule has 0 atom stereocenters. The molecule has 1 aliphatic heterocycles. The van der Waals surface area contributed by atoms with Crippen LogP contribution in [0.1, 0.15) is 53.8 Å². The molecule has 0 aromatic heterocycles. The highest BCUT2D eigenvalue weighted by atomic mass is 16.2. The molecule has 0 saturated carbocycles. The van der Waals surface area contributed by atoms with Crippen LogP contribution in [0.2, 0.25) is 0 Å². The van der Waals surface area contributed by atoms with Gasteiger partial charge in [0.1, 0.15) is 0 Å². The summed E-state index contributed by atoms with van der Waals surface area (Å²) in [6, 6.07) is 6.77. The van der Waals surface area contributed by atoms with Gasteiger partial charge in [-0.05, 0) is 30.7 Å². The van der Waals surface area contributed by atoms with E-state index in [1.807, 2.05) is 0 Å². The first-order chi connectivity index (χ1) is 12.0. The largest absolute Gasteiger partial charge is 0.352 e. The molecule has 6 heteroatoms. The predicted molar refractivity (Wildman–Crippen MR) is 96.5 cm³/mol. The fourth-order valence-corrected chi connectivity index (χ4v) is 2.85. The number of hydrogen-bond acceptors (Lipinski definition) is 3. The molecule has 136 valence electrons. The zero-order valence-corrected chi connectivity index (χ0v) is 15.1. The van der Waals surface area contributed by atoms with Crippen LogP contribution < -0.4 is 5.32 Å². The van der Waals surface area contributed by atoms with Gasteiger partial charge in [0.05, 0.1) is 0 Å². The van der Waals surface area contributed by atoms with Crippen molar-refractivity contribution < 1.29 is 14.4 Å². The van der Waals surface area contributed by atoms with E-state index in [-0.39, 0.29) is 17.7 Å². The Balaban J connectivity index is 1.88. The average Bonchev–Trinajstić information content (AvgIpc) is 2.64. The third-order valence-corrected chi connectivity index (χ3v) is 4.47. The highest BCUT2D eigenvalue weighted by Gasteiger charge is 2.23. The lowest BCUT2D eigenvalue weighted by molar-refractivity contribution is -0.130. The second-order valence-corrected chi connectivity index (χ2v) is 6.34. The van der Waals surface area contributed by atoms with Crippen molar-refractivity contribution in [2.75, 3.05) is 32.7 Å². The Morgan fingerprint density at radius 3 is 2.04 bits per heavy atom. The number of hydrogen-bond donors (Lipinski definition) is 1. The topological polar surface area (TPSA) is 69.7 Å². The minimum Gasteiger partial charge on any atom is -0.352 e. The molecular formula is C19H27N3O3. The molecule has 1 aromatic carbocycles. The van der Waals surface area contributed by atoms with E-state index < -0.39 is 0 Å². The summed E-state index contributed by atoms with van der Waals surface area (Å²) in [4.78, 5) is 39.4. The van der Waals surface area contributed by atoms with Gasteiger partial charge in [0.15, 0.2) is 0 Å². The van der Waals surface area contributed by atoms with E-state index in [1.54, 1.807) is 41.0 Å². The molecule has 1 N–H and O–H groups in total. The SMILES string of the molecule is CCCCCNC(=O)c1ccc(C(=O)N2CCN(C(C)=O)CC2)cc1. The van der Waals surface area contributed by atoms with Crippen molar-refractivity contribution in [3.63, 3.8) is 0 Å². The summed E-state index contributed by atoms with van der Waals surface area (Å²) in [6.45, 7) is 6.56. The second-order valence-electron chi connectivity index (χ2n) is 6.34. The lowest BCUT2D eigenvalue weighted by atomic mass is 10.1. The maximum atomic E-state index is 12.5. The van der Waals surface area contributed by atoms with E-state index >= 15 is 0 Å². The van der Waals surface area contributed by atoms with Crippen LogP contribution in [0.5, 0.6) is 0 Å². The third-order valence-electron chi connectivity index (χ3n) is 4.47. The van der Waals surface area contributed by atoms with Crippen molar-refractivity contribution in [3.8, 4) is 0 Å². The lowest BCUT2D eigenvalue weighted by Crippen LogP contribution is -2.50. The molecule has 0 spiro atoms. The van der Waals surface area contributed by atoms with Crippen molar-refractivity contribution in [1.82, 2.24) is 15.1 Å². The molecular weight excluding hydrogens is 318 g/mol. The minimum absolute atomic E-state index is 0.0430. The predicted octanol–water partition coefficient (Wildman–Crippen LogP) is 1.91. The van der Waals surface area contributed by atoms with Gasteiger partial charge < -0.3 is 15.1 Å². The Kier molecular flexibility index (Phi) is 6.98. The van der Waals surface area contributed by atoms with Crippen molar-refractivity contribution in [2.24, 2.45) is 0 Å². The summed E-state index contributed by atoms with van der Waals surface area (Å²) in [6.07, 6.45) is 3.20. The number of carbonyl (C=O) groups excluding carboxylic acids is 3. The van der Waals surface area contributed by atoms with Gasteiger partial charge in [0.25, 0.3) is 11.8 Å². The molecule has 1 fully saturated rings. The van der Waals surface area contributed by atoms with Crippen LogP contribution in [0.4, 0.5) is 0 Å². The van der Waals surface area contributed by atoms with Gasteiger partial charge in [-0.1, -0.05) is 19.8 Å². The molecule has 0 unspecified atom stereocenters. The van der Waals surface area contributed by atoms with Crippen LogP contribution in [0, 0.1) is 0 Å². The molecule has 25 heavy (non-hydrogen) atoms. The molecule has 1 heterocycles. The fourth-order valence-electron chi connectivity index (χ4n) is 2.85. The lowest BCUT2D eigenvalue weighted by Gasteiger charge is -2.34. The molecule has 0 aliphatic carbocycles. The highest BCUT2D eigenvalue weighted by Crippen LogP contribution is 2.11. The Bertz CT molecular complexity index is 605. The summed E-state index contributed by atoms with van der Waals surface area (Å²) in [5.74, 6) is -0.121. The van der Waals surface area contributed by atoms with Crippen LogP contribution in [0.25, 0.3) is 0 Å². The highest BCUT2D eigenvalue weighted by molar-refractivity contribution is 5.97. The third kappa shape index (κ3) is 5.31. The zero-order valence-electron chi connectivity index (χ0n) is 15.1. The number of piperazine rings is 1. The van der Waals surface area contributed by atoms with Crippen molar-refractivity contribution in [1.29, 1.82) is 0 Å². The first-order valence-corrected chi connectivity index (χ1v) is 8.96. The minimum atomic E-state index is -0.106. The Labute approximate surface area is 149 Å². The van der Waals surface area contributed by atoms with E-state index in [9.17, 15) is 14.4 Å². The van der Waals surface area contributed by atoms with Crippen LogP contribution in [-0.4, -0.2) is 60.2 Å². The van der Waals surface area contributed by atoms with Crippen LogP contribution in [0.15, 0.2) is 24.3 Å². The fraction of sp³-hybridized carbons (Fsp3) is 0.526. The standard InChI is InChI=1S/C19H27N3O3/c1-3-4-5-10-20-18(24)16-6-8-17(9-7-16)19(25)22-13-11-21(12-14-22)15(2)23/h6-9H,3-5,10-14H2,1-2H3,(H,20,24). The Morgan fingerprint density at radius 1 is 0.920 bits per heavy atom. The van der Waals surface area contributed by atoms with Crippen molar-refractivity contribution in [3.05, 3.63) is 35.4 Å². The summed E-state index contributed by atoms with van der Waals surface area (Å²) in [5, 5.41) is 2.89. The molecule has 0 radical (unpaired) electrons. The van der Waals surface area contributed by atoms with Crippen molar-refractivity contribution >= 4 is 17.7 Å². The van der Waals surface area contributed by atoms with Gasteiger partial charge in [-0.25, -0.2) is 0 Å². The molecule has 0 bridgehead atoms. The molecule has 3 amide bonds. The number of carbonyl (C=O) groups is 3. The van der Waals surface area contributed by atoms with Gasteiger partial charge in [-0.3, -0.25) is 14.4 Å². The quantitative estimate of drug-likeness (QED) is 0.801. The molecule has 1 aromatic rings. The maximum absolute atomic E-state index is 12.5. The van der Waals surface area contributed by atoms with Gasteiger partial charge >= 0.3 is 0 Å². The van der Waals surface area contributed by atoms with Gasteiger partial charge in [-0.15, -0.1) is 0 Å². The van der Waals surface area contributed by atoms with Crippen LogP contribution in [0.3, 0.4) is 0 Å². The summed E-state index contributed by atoms with van der Waals surface area (Å²) in [5.41, 5.74) is 1.13. The van der Waals surface area contributed by atoms with Gasteiger partial charge in [0, 0.05) is 50.8 Å². The van der Waals surface area contributed by atoms with E-state index in [1.165, 1.54) is 0 Å². The normalized spacial score (nSPS) is 14.3. The number of benzene rings is 1. The first-order valence-electron chi connectivity index (χ1n) is 8.96. The number of unbranched alkanes of at least 4 members (excludes halogenated alkanes) is 2. The Morgan fingerprint density at radius 2 is 1.48 bits per heavy atom.